The van der Waals surface area contributed by atoms with Gasteiger partial charge in [-0.2, -0.15) is 0 Å². The molecule has 0 aliphatic rings. The average Bonchev–Trinajstić information content (AvgIpc) is 2.27. The first-order valence-electron chi connectivity index (χ1n) is 4.39. The zero-order valence-electron chi connectivity index (χ0n) is 8.80. The van der Waals surface area contributed by atoms with Crippen LogP contribution in [-0.4, -0.2) is 23.1 Å². The van der Waals surface area contributed by atoms with Crippen LogP contribution in [0.5, 0.6) is 0 Å². The molecule has 90 valence electrons. The van der Waals surface area contributed by atoms with Gasteiger partial charge in [0.15, 0.2) is 5.11 Å². The Labute approximate surface area is 102 Å². The predicted octanol–water partition coefficient (Wildman–Crippen LogP) is 1.04. The number of anilines is 1. The van der Waals surface area contributed by atoms with Crippen molar-refractivity contribution in [2.45, 2.75) is 0 Å². The average molecular weight is 255 g/mol. The number of nitrogens with one attached hydrogen (secondary N) is 1. The van der Waals surface area contributed by atoms with E-state index in [0.29, 0.717) is 0 Å². The van der Waals surface area contributed by atoms with Crippen molar-refractivity contribution in [3.8, 4) is 0 Å². The number of carbonyl (C=O) groups is 1. The Kier molecular flexibility index (Phi) is 3.94. The van der Waals surface area contributed by atoms with Gasteiger partial charge >= 0.3 is 5.97 Å². The first kappa shape index (κ1) is 12.8. The van der Waals surface area contributed by atoms with Crippen LogP contribution in [0.3, 0.4) is 0 Å². The lowest BCUT2D eigenvalue weighted by Gasteiger charge is -2.08. The van der Waals surface area contributed by atoms with Crippen LogP contribution < -0.4 is 11.1 Å². The maximum absolute atomic E-state index is 11.4. The minimum atomic E-state index is -0.640. The summed E-state index contributed by atoms with van der Waals surface area (Å²) < 4.78 is 4.53. The highest BCUT2D eigenvalue weighted by Crippen LogP contribution is 2.23. The number of benzene rings is 1. The monoisotopic (exact) mass is 255 g/mol. The summed E-state index contributed by atoms with van der Waals surface area (Å²) in [5.74, 6) is -0.640. The maximum Gasteiger partial charge on any atom is 0.339 e. The van der Waals surface area contributed by atoms with Gasteiger partial charge in [0.1, 0.15) is 0 Å². The molecule has 0 saturated heterocycles. The van der Waals surface area contributed by atoms with Crippen LogP contribution in [0.1, 0.15) is 10.4 Å². The van der Waals surface area contributed by atoms with Gasteiger partial charge in [-0.05, 0) is 18.3 Å². The molecular formula is C9H9N3O4S. The minimum absolute atomic E-state index is 0.101. The van der Waals surface area contributed by atoms with E-state index in [2.05, 4.69) is 22.3 Å². The van der Waals surface area contributed by atoms with E-state index in [-0.39, 0.29) is 22.1 Å². The molecule has 0 fully saturated rings. The van der Waals surface area contributed by atoms with E-state index < -0.39 is 10.9 Å². The number of non-ortho nitro benzene ring substituents is 1. The third-order valence-electron chi connectivity index (χ3n) is 1.88. The molecule has 1 rings (SSSR count). The molecule has 0 aliphatic heterocycles. The van der Waals surface area contributed by atoms with Gasteiger partial charge in [0.25, 0.3) is 5.69 Å². The number of nitrogens with zero attached hydrogens (tertiary/aromatic N) is 1. The molecule has 0 atom stereocenters. The number of nitro benzene ring substituents is 1. The number of ether oxygens (including phenoxy) is 1. The van der Waals surface area contributed by atoms with Crippen molar-refractivity contribution >= 4 is 34.7 Å². The van der Waals surface area contributed by atoms with E-state index in [0.717, 1.165) is 6.07 Å². The summed E-state index contributed by atoms with van der Waals surface area (Å²) in [6.07, 6.45) is 0. The summed E-state index contributed by atoms with van der Waals surface area (Å²) in [5.41, 5.74) is 5.33. The number of esters is 1. The topological polar surface area (TPSA) is 107 Å². The van der Waals surface area contributed by atoms with Gasteiger partial charge in [-0.3, -0.25) is 10.1 Å². The maximum atomic E-state index is 11.4. The fourth-order valence-corrected chi connectivity index (χ4v) is 1.28. The van der Waals surface area contributed by atoms with Crippen molar-refractivity contribution in [3.63, 3.8) is 0 Å². The molecule has 0 bridgehead atoms. The Bertz CT molecular complexity index is 489. The van der Waals surface area contributed by atoms with Gasteiger partial charge in [0, 0.05) is 12.1 Å². The zero-order valence-corrected chi connectivity index (χ0v) is 9.61. The van der Waals surface area contributed by atoms with E-state index in [1.807, 2.05) is 0 Å². The van der Waals surface area contributed by atoms with Crippen LogP contribution in [0.2, 0.25) is 0 Å². The normalized spacial score (nSPS) is 9.47. The molecule has 1 aromatic carbocycles. The summed E-state index contributed by atoms with van der Waals surface area (Å²) in [6.45, 7) is 0. The molecule has 17 heavy (non-hydrogen) atoms. The molecule has 1 aromatic rings. The molecule has 0 heterocycles. The van der Waals surface area contributed by atoms with Crippen LogP contribution in [-0.2, 0) is 4.74 Å². The van der Waals surface area contributed by atoms with Crippen LogP contribution in [0.15, 0.2) is 18.2 Å². The highest BCUT2D eigenvalue weighted by molar-refractivity contribution is 7.80. The van der Waals surface area contributed by atoms with E-state index in [1.165, 1.54) is 19.2 Å². The lowest BCUT2D eigenvalue weighted by atomic mass is 10.1. The zero-order chi connectivity index (χ0) is 13.0. The fourth-order valence-electron chi connectivity index (χ4n) is 1.17. The second kappa shape index (κ2) is 5.21. The lowest BCUT2D eigenvalue weighted by molar-refractivity contribution is -0.384. The first-order valence-corrected chi connectivity index (χ1v) is 4.79. The summed E-state index contributed by atoms with van der Waals surface area (Å²) in [7, 11) is 1.20. The third-order valence-corrected chi connectivity index (χ3v) is 1.98. The number of nitrogens with two attached hydrogens (primary N) is 1. The van der Waals surface area contributed by atoms with Crippen molar-refractivity contribution in [1.82, 2.24) is 0 Å². The Morgan fingerprint density at radius 1 is 1.59 bits per heavy atom. The lowest BCUT2D eigenvalue weighted by Crippen LogP contribution is -2.21. The molecule has 0 spiro atoms. The predicted molar refractivity (Wildman–Crippen MR) is 64.8 cm³/mol. The number of rotatable bonds is 3. The number of methoxy groups -OCH3 is 1. The van der Waals surface area contributed by atoms with E-state index in [9.17, 15) is 14.9 Å². The molecule has 0 aliphatic carbocycles. The van der Waals surface area contributed by atoms with Crippen molar-refractivity contribution in [3.05, 3.63) is 33.9 Å². The van der Waals surface area contributed by atoms with Crippen LogP contribution in [0, 0.1) is 10.1 Å². The molecule has 7 nitrogen and oxygen atoms in total. The summed E-state index contributed by atoms with van der Waals surface area (Å²) in [4.78, 5) is 21.4. The highest BCUT2D eigenvalue weighted by Gasteiger charge is 2.16. The van der Waals surface area contributed by atoms with Gasteiger partial charge in [-0.15, -0.1) is 0 Å². The molecule has 3 N–H and O–H groups in total. The second-order valence-corrected chi connectivity index (χ2v) is 3.41. The minimum Gasteiger partial charge on any atom is -0.465 e. The Morgan fingerprint density at radius 2 is 2.24 bits per heavy atom. The van der Waals surface area contributed by atoms with Crippen molar-refractivity contribution in [1.29, 1.82) is 0 Å². The van der Waals surface area contributed by atoms with E-state index in [1.54, 1.807) is 0 Å². The largest absolute Gasteiger partial charge is 0.465 e. The number of carbonyl (C=O) groups excluding carboxylic acids is 1. The van der Waals surface area contributed by atoms with Crippen molar-refractivity contribution in [2.75, 3.05) is 12.4 Å². The molecule has 0 amide bonds. The molecule has 0 saturated carbocycles. The smallest absolute Gasteiger partial charge is 0.339 e. The summed E-state index contributed by atoms with van der Waals surface area (Å²) in [5, 5.41) is 13.0. The Hall–Kier alpha value is -2.22. The van der Waals surface area contributed by atoms with Gasteiger partial charge in [0.2, 0.25) is 0 Å². The van der Waals surface area contributed by atoms with Crippen LogP contribution >= 0.6 is 12.2 Å². The molecule has 8 heteroatoms. The second-order valence-electron chi connectivity index (χ2n) is 2.97. The summed E-state index contributed by atoms with van der Waals surface area (Å²) in [6, 6.07) is 3.62. The van der Waals surface area contributed by atoms with Gasteiger partial charge in [-0.25, -0.2) is 4.79 Å². The first-order chi connectivity index (χ1) is 7.95. The SMILES string of the molecule is COC(=O)c1ccc([N+](=O)[O-])cc1NC(N)=S. The van der Waals surface area contributed by atoms with E-state index in [4.69, 9.17) is 5.73 Å². The summed E-state index contributed by atoms with van der Waals surface area (Å²) >= 11 is 4.61. The van der Waals surface area contributed by atoms with Crippen molar-refractivity contribution < 1.29 is 14.5 Å². The van der Waals surface area contributed by atoms with Gasteiger partial charge in [-0.1, -0.05) is 0 Å². The Balaban J connectivity index is 3.25. The third kappa shape index (κ3) is 3.11. The molecular weight excluding hydrogens is 246 g/mol. The standard InChI is InChI=1S/C9H9N3O4S/c1-16-8(13)6-3-2-5(12(14)15)4-7(6)11-9(10)17/h2-4H,1H3,(H3,10,11,17). The fraction of sp³-hybridized carbons (Fsp3) is 0.111. The van der Waals surface area contributed by atoms with Crippen molar-refractivity contribution in [2.24, 2.45) is 5.73 Å². The number of hydrogen-bond donors (Lipinski definition) is 2. The van der Waals surface area contributed by atoms with E-state index >= 15 is 0 Å². The molecule has 0 unspecified atom stereocenters. The van der Waals surface area contributed by atoms with Gasteiger partial charge in [0.05, 0.1) is 23.3 Å². The van der Waals surface area contributed by atoms with Gasteiger partial charge < -0.3 is 15.8 Å². The number of hydrogen-bond acceptors (Lipinski definition) is 5. The molecule has 0 aromatic heterocycles. The molecule has 0 radical (unpaired) electrons. The van der Waals surface area contributed by atoms with Crippen LogP contribution in [0.25, 0.3) is 0 Å². The number of nitro groups is 1. The Morgan fingerprint density at radius 3 is 2.71 bits per heavy atom. The van der Waals surface area contributed by atoms with Crippen LogP contribution in [0.4, 0.5) is 11.4 Å². The quantitative estimate of drug-likeness (QED) is 0.359. The highest BCUT2D eigenvalue weighted by atomic mass is 32.1. The number of thiocarbonyl (C=S) groups is 1.